The topological polar surface area (TPSA) is 62.6 Å². The maximum Gasteiger partial charge on any atom is 0.225 e. The number of benzene rings is 1. The molecule has 0 bridgehead atoms. The predicted octanol–water partition coefficient (Wildman–Crippen LogP) is 2.94. The van der Waals surface area contributed by atoms with Gasteiger partial charge in [0.1, 0.15) is 5.76 Å². The molecule has 0 spiro atoms. The van der Waals surface area contributed by atoms with Gasteiger partial charge in [-0.25, -0.2) is 0 Å². The highest BCUT2D eigenvalue weighted by Crippen LogP contribution is 2.36. The van der Waals surface area contributed by atoms with Crippen molar-refractivity contribution in [1.82, 2.24) is 10.2 Å². The maximum atomic E-state index is 12.7. The molecule has 2 atom stereocenters. The number of carbonyl (C=O) groups is 2. The molecule has 2 amide bonds. The Morgan fingerprint density at radius 2 is 1.85 bits per heavy atom. The smallest absolute Gasteiger partial charge is 0.225 e. The zero-order chi connectivity index (χ0) is 17.9. The fraction of sp³-hybridized carbons (Fsp3) is 0.429. The van der Waals surface area contributed by atoms with Crippen molar-refractivity contribution in [2.45, 2.75) is 31.7 Å². The third-order valence-corrected chi connectivity index (χ3v) is 5.35. The van der Waals surface area contributed by atoms with Crippen molar-refractivity contribution >= 4 is 11.8 Å². The van der Waals surface area contributed by atoms with Gasteiger partial charge in [0, 0.05) is 24.9 Å². The average molecular weight is 352 g/mol. The molecule has 2 fully saturated rings. The minimum Gasteiger partial charge on any atom is -0.467 e. The second-order valence-electron chi connectivity index (χ2n) is 7.35. The normalized spacial score (nSPS) is 22.8. The highest BCUT2D eigenvalue weighted by atomic mass is 16.3. The van der Waals surface area contributed by atoms with Crippen molar-refractivity contribution in [1.29, 1.82) is 0 Å². The number of carbonyl (C=O) groups excluding carboxylic acids is 2. The minimum atomic E-state index is -0.188. The lowest BCUT2D eigenvalue weighted by Gasteiger charge is -2.37. The van der Waals surface area contributed by atoms with Gasteiger partial charge in [-0.05, 0) is 37.0 Å². The largest absolute Gasteiger partial charge is 0.467 e. The number of hydrogen-bond donors (Lipinski definition) is 1. The Kier molecular flexibility index (Phi) is 4.78. The molecule has 5 heteroatoms. The fourth-order valence-corrected chi connectivity index (χ4v) is 3.76. The molecule has 2 aromatic rings. The van der Waals surface area contributed by atoms with E-state index < -0.39 is 0 Å². The van der Waals surface area contributed by atoms with Gasteiger partial charge in [0.25, 0.3) is 0 Å². The Morgan fingerprint density at radius 3 is 2.54 bits per heavy atom. The monoisotopic (exact) mass is 352 g/mol. The summed E-state index contributed by atoms with van der Waals surface area (Å²) in [5.74, 6) is 1.14. The summed E-state index contributed by atoms with van der Waals surface area (Å²) in [4.78, 5) is 27.3. The standard InChI is InChI=1S/C21H24N2O3/c24-20(22-12-19-7-4-10-26-19)18-11-17(15-5-2-1-3-6-15)13-23(14-18)21(25)16-8-9-16/h1-7,10,16-18H,8-9,11-14H2,(H,22,24)/t17-,18-/m1/s1. The Hall–Kier alpha value is -2.56. The van der Waals surface area contributed by atoms with Crippen molar-refractivity contribution in [2.75, 3.05) is 13.1 Å². The summed E-state index contributed by atoms with van der Waals surface area (Å²) in [6.07, 6.45) is 4.34. The number of rotatable bonds is 5. The average Bonchev–Trinajstić information content (AvgIpc) is 3.41. The summed E-state index contributed by atoms with van der Waals surface area (Å²) in [5.41, 5.74) is 1.20. The molecular weight excluding hydrogens is 328 g/mol. The summed E-state index contributed by atoms with van der Waals surface area (Å²) in [7, 11) is 0. The van der Waals surface area contributed by atoms with Gasteiger partial charge >= 0.3 is 0 Å². The van der Waals surface area contributed by atoms with E-state index in [1.54, 1.807) is 6.26 Å². The number of nitrogens with zero attached hydrogens (tertiary/aromatic N) is 1. The van der Waals surface area contributed by atoms with Crippen LogP contribution < -0.4 is 5.32 Å². The molecule has 1 aliphatic carbocycles. The highest BCUT2D eigenvalue weighted by Gasteiger charge is 2.39. The first-order chi connectivity index (χ1) is 12.7. The second-order valence-corrected chi connectivity index (χ2v) is 7.35. The van der Waals surface area contributed by atoms with E-state index in [1.807, 2.05) is 35.2 Å². The Labute approximate surface area is 153 Å². The van der Waals surface area contributed by atoms with Crippen LogP contribution in [-0.2, 0) is 16.1 Å². The van der Waals surface area contributed by atoms with Gasteiger partial charge in [-0.2, -0.15) is 0 Å². The molecule has 4 rings (SSSR count). The summed E-state index contributed by atoms with van der Waals surface area (Å²) >= 11 is 0. The summed E-state index contributed by atoms with van der Waals surface area (Å²) in [5, 5.41) is 2.96. The first kappa shape index (κ1) is 16.9. The molecule has 26 heavy (non-hydrogen) atoms. The van der Waals surface area contributed by atoms with Gasteiger partial charge in [-0.15, -0.1) is 0 Å². The number of amides is 2. The number of hydrogen-bond acceptors (Lipinski definition) is 3. The van der Waals surface area contributed by atoms with Gasteiger partial charge in [-0.3, -0.25) is 9.59 Å². The van der Waals surface area contributed by atoms with Crippen molar-refractivity contribution < 1.29 is 14.0 Å². The van der Waals surface area contributed by atoms with Gasteiger partial charge in [0.05, 0.1) is 18.7 Å². The molecule has 0 radical (unpaired) electrons. The van der Waals surface area contributed by atoms with Gasteiger partial charge in [0.2, 0.25) is 11.8 Å². The lowest BCUT2D eigenvalue weighted by molar-refractivity contribution is -0.137. The minimum absolute atomic E-state index is 0.00405. The second kappa shape index (κ2) is 7.36. The molecule has 1 N–H and O–H groups in total. The molecule has 1 aliphatic heterocycles. The molecule has 2 heterocycles. The first-order valence-corrected chi connectivity index (χ1v) is 9.34. The molecule has 136 valence electrons. The van der Waals surface area contributed by atoms with E-state index in [9.17, 15) is 9.59 Å². The number of likely N-dealkylation sites (tertiary alicyclic amines) is 1. The summed E-state index contributed by atoms with van der Waals surface area (Å²) < 4.78 is 5.28. The van der Waals surface area contributed by atoms with Crippen LogP contribution in [0.3, 0.4) is 0 Å². The zero-order valence-corrected chi connectivity index (χ0v) is 14.8. The first-order valence-electron chi connectivity index (χ1n) is 9.34. The summed E-state index contributed by atoms with van der Waals surface area (Å²) in [6, 6.07) is 13.9. The number of furan rings is 1. The van der Waals surface area contributed by atoms with E-state index in [1.165, 1.54) is 5.56 Å². The van der Waals surface area contributed by atoms with E-state index in [2.05, 4.69) is 17.4 Å². The van der Waals surface area contributed by atoms with Crippen molar-refractivity contribution in [3.8, 4) is 0 Å². The Bertz CT molecular complexity index is 753. The van der Waals surface area contributed by atoms with Crippen LogP contribution in [0.1, 0.15) is 36.5 Å². The molecule has 1 aromatic carbocycles. The molecule has 1 saturated carbocycles. The van der Waals surface area contributed by atoms with Gasteiger partial charge in [0.15, 0.2) is 0 Å². The highest BCUT2D eigenvalue weighted by molar-refractivity contribution is 5.83. The van der Waals surface area contributed by atoms with Crippen LogP contribution in [0.2, 0.25) is 0 Å². The molecular formula is C21H24N2O3. The Morgan fingerprint density at radius 1 is 1.04 bits per heavy atom. The molecule has 5 nitrogen and oxygen atoms in total. The van der Waals surface area contributed by atoms with Gasteiger partial charge in [-0.1, -0.05) is 30.3 Å². The van der Waals surface area contributed by atoms with Crippen LogP contribution in [0.5, 0.6) is 0 Å². The predicted molar refractivity (Wildman–Crippen MR) is 97.1 cm³/mol. The zero-order valence-electron chi connectivity index (χ0n) is 14.8. The van der Waals surface area contributed by atoms with Crippen LogP contribution in [0.4, 0.5) is 0 Å². The Balaban J connectivity index is 1.47. The lowest BCUT2D eigenvalue weighted by Crippen LogP contribution is -2.48. The maximum absolute atomic E-state index is 12.7. The van der Waals surface area contributed by atoms with E-state index in [0.29, 0.717) is 19.6 Å². The molecule has 1 aromatic heterocycles. The van der Waals surface area contributed by atoms with Gasteiger partial charge < -0.3 is 14.6 Å². The molecule has 2 aliphatic rings. The summed E-state index contributed by atoms with van der Waals surface area (Å²) in [6.45, 7) is 1.61. The van der Waals surface area contributed by atoms with E-state index in [-0.39, 0.29) is 29.6 Å². The van der Waals surface area contributed by atoms with Crippen molar-refractivity contribution in [2.24, 2.45) is 11.8 Å². The van der Waals surface area contributed by atoms with Crippen molar-refractivity contribution in [3.05, 3.63) is 60.1 Å². The van der Waals surface area contributed by atoms with Crippen molar-refractivity contribution in [3.63, 3.8) is 0 Å². The van der Waals surface area contributed by atoms with E-state index in [0.717, 1.165) is 25.0 Å². The number of piperidine rings is 1. The lowest BCUT2D eigenvalue weighted by atomic mass is 9.84. The van der Waals surface area contributed by atoms with Crippen LogP contribution in [0, 0.1) is 11.8 Å². The number of nitrogens with one attached hydrogen (secondary N) is 1. The van der Waals surface area contributed by atoms with Crippen LogP contribution in [0.25, 0.3) is 0 Å². The third-order valence-electron chi connectivity index (χ3n) is 5.35. The van der Waals surface area contributed by atoms with Crippen LogP contribution in [-0.4, -0.2) is 29.8 Å². The van der Waals surface area contributed by atoms with Crippen LogP contribution in [0.15, 0.2) is 53.1 Å². The molecule has 0 unspecified atom stereocenters. The van der Waals surface area contributed by atoms with E-state index >= 15 is 0 Å². The van der Waals surface area contributed by atoms with Crippen LogP contribution >= 0.6 is 0 Å². The molecule has 1 saturated heterocycles. The quantitative estimate of drug-likeness (QED) is 0.900. The third kappa shape index (κ3) is 3.82. The fourth-order valence-electron chi connectivity index (χ4n) is 3.76. The SMILES string of the molecule is O=C(NCc1ccco1)[C@@H]1C[C@@H](c2ccccc2)CN(C(=O)C2CC2)C1. The van der Waals surface area contributed by atoms with E-state index in [4.69, 9.17) is 4.42 Å².